The maximum Gasteiger partial charge on any atom is 0.243 e. The molecule has 5 nitrogen and oxygen atoms in total. The van der Waals surface area contributed by atoms with Crippen molar-refractivity contribution in [2.45, 2.75) is 20.8 Å². The molecule has 7 heteroatoms. The van der Waals surface area contributed by atoms with Crippen LogP contribution in [0, 0.1) is 10.1 Å². The van der Waals surface area contributed by atoms with Crippen LogP contribution >= 0.6 is 11.6 Å². The molecule has 0 radical (unpaired) electrons. The van der Waals surface area contributed by atoms with Crippen molar-refractivity contribution in [1.82, 2.24) is 5.32 Å². The zero-order valence-electron chi connectivity index (χ0n) is 14.0. The first-order chi connectivity index (χ1) is 10.6. The second kappa shape index (κ2) is 10.9. The topological polar surface area (TPSA) is 72.2 Å². The number of rotatable bonds is 9. The first-order valence-electron chi connectivity index (χ1n) is 7.07. The number of carbonyl (C=O) groups is 1. The largest absolute Gasteiger partial charge is 0.306 e. The van der Waals surface area contributed by atoms with Crippen molar-refractivity contribution in [2.24, 2.45) is 0 Å². The molecule has 0 spiro atoms. The number of Topliss-reactive ketones (excluding diaryl/α,β-unsaturated/α-hetero) is 1. The van der Waals surface area contributed by atoms with E-state index in [1.165, 1.54) is 30.3 Å². The van der Waals surface area contributed by atoms with E-state index in [4.69, 9.17) is 11.6 Å². The molecule has 0 saturated carbocycles. The fourth-order valence-electron chi connectivity index (χ4n) is 1.40. The van der Waals surface area contributed by atoms with Crippen LogP contribution < -0.4 is 5.32 Å². The first-order valence-corrected chi connectivity index (χ1v) is 8.45. The van der Waals surface area contributed by atoms with Gasteiger partial charge in [0.15, 0.2) is 5.78 Å². The molecule has 0 aromatic heterocycles. The molecule has 0 aromatic carbocycles. The van der Waals surface area contributed by atoms with Crippen LogP contribution in [0.1, 0.15) is 20.8 Å². The highest BCUT2D eigenvalue weighted by molar-refractivity contribution is 6.33. The number of hydrogen-bond acceptors (Lipinski definition) is 4. The molecule has 0 atom stereocenters. The summed E-state index contributed by atoms with van der Waals surface area (Å²) in [6.07, 6.45) is 6.15. The van der Waals surface area contributed by atoms with Gasteiger partial charge in [-0.3, -0.25) is 14.9 Å². The Morgan fingerprint density at radius 3 is 2.48 bits per heavy atom. The summed E-state index contributed by atoms with van der Waals surface area (Å²) in [5, 5.41) is 15.4. The lowest BCUT2D eigenvalue weighted by Crippen LogP contribution is -2.25. The van der Waals surface area contributed by atoms with E-state index in [0.717, 1.165) is 15.8 Å². The number of allylic oxidation sites excluding steroid dienone is 7. The second-order valence-electron chi connectivity index (χ2n) is 5.33. The molecular formula is C16H23ClN2O3Si. The van der Waals surface area contributed by atoms with Crippen molar-refractivity contribution in [3.63, 3.8) is 0 Å². The van der Waals surface area contributed by atoms with Crippen LogP contribution in [0.2, 0.25) is 0 Å². The molecule has 0 unspecified atom stereocenters. The molecule has 0 aliphatic heterocycles. The van der Waals surface area contributed by atoms with Gasteiger partial charge in [0, 0.05) is 40.4 Å². The van der Waals surface area contributed by atoms with Crippen molar-refractivity contribution in [1.29, 1.82) is 0 Å². The summed E-state index contributed by atoms with van der Waals surface area (Å²) in [5.41, 5.74) is 1.24. The Kier molecular flexibility index (Phi) is 10.0. The minimum absolute atomic E-state index is 0.00244. The van der Waals surface area contributed by atoms with Gasteiger partial charge in [-0.05, 0) is 25.5 Å². The molecule has 126 valence electrons. The Morgan fingerprint density at radius 1 is 1.35 bits per heavy atom. The van der Waals surface area contributed by atoms with Crippen LogP contribution in [0.25, 0.3) is 0 Å². The number of carbonyl (C=O) groups excluding carboxylic acids is 1. The number of nitrogens with one attached hydrogen (secondary N) is 1. The molecule has 0 aliphatic rings. The van der Waals surface area contributed by atoms with Gasteiger partial charge in [-0.15, -0.1) is 0 Å². The minimum Gasteiger partial charge on any atom is -0.306 e. The molecule has 0 rings (SSSR count). The number of ketones is 1. The molecule has 23 heavy (non-hydrogen) atoms. The Bertz CT molecular complexity index is 600. The first kappa shape index (κ1) is 21.2. The molecule has 0 saturated heterocycles. The summed E-state index contributed by atoms with van der Waals surface area (Å²) in [6, 6.07) is 0. The molecule has 1 N–H and O–H groups in total. The van der Waals surface area contributed by atoms with Crippen molar-refractivity contribution in [3.05, 3.63) is 68.1 Å². The number of nitrogens with zero attached hydrogens (tertiary/aromatic N) is 1. The van der Waals surface area contributed by atoms with Gasteiger partial charge in [-0.1, -0.05) is 35.5 Å². The maximum atomic E-state index is 11.9. The van der Waals surface area contributed by atoms with Crippen LogP contribution in [-0.2, 0) is 4.79 Å². The summed E-state index contributed by atoms with van der Waals surface area (Å²) in [6.45, 7) is 9.59. The highest BCUT2D eigenvalue weighted by atomic mass is 35.5. The van der Waals surface area contributed by atoms with Crippen molar-refractivity contribution < 1.29 is 9.72 Å². The predicted octanol–water partition coefficient (Wildman–Crippen LogP) is 2.22. The molecule has 0 fully saturated rings. The molecule has 0 aromatic rings. The van der Waals surface area contributed by atoms with Gasteiger partial charge in [-0.25, -0.2) is 0 Å². The van der Waals surface area contributed by atoms with Crippen molar-refractivity contribution in [2.75, 3.05) is 13.1 Å². The van der Waals surface area contributed by atoms with Crippen molar-refractivity contribution in [3.8, 4) is 0 Å². The van der Waals surface area contributed by atoms with Crippen LogP contribution in [0.3, 0.4) is 0 Å². The van der Waals surface area contributed by atoms with Gasteiger partial charge >= 0.3 is 0 Å². The third kappa shape index (κ3) is 9.78. The second-order valence-corrected chi connectivity index (χ2v) is 7.31. The standard InChI is InChI=1S/C16H23ClN2O3Si/c1-11(6-5-7-13(3)19(21)22)16(20)10-18-9-12(2)15(17)8-14(4)23/h5-8,18H,1,9-10H2,2-4,23H3/b6-5-,13-7+,14-8+,15-12-. The van der Waals surface area contributed by atoms with E-state index in [-0.39, 0.29) is 23.6 Å². The van der Waals surface area contributed by atoms with E-state index in [2.05, 4.69) is 11.9 Å². The highest BCUT2D eigenvalue weighted by Gasteiger charge is 2.05. The molecule has 0 bridgehead atoms. The van der Waals surface area contributed by atoms with E-state index in [1.807, 2.05) is 19.9 Å². The molecule has 0 amide bonds. The summed E-state index contributed by atoms with van der Waals surface area (Å²) < 4.78 is 0. The Hall–Kier alpha value is -1.76. The zero-order chi connectivity index (χ0) is 18.0. The Labute approximate surface area is 145 Å². The van der Waals surface area contributed by atoms with Gasteiger partial charge in [0.25, 0.3) is 0 Å². The van der Waals surface area contributed by atoms with Crippen LogP contribution in [0.5, 0.6) is 0 Å². The van der Waals surface area contributed by atoms with Gasteiger partial charge in [0.05, 0.1) is 11.5 Å². The summed E-state index contributed by atoms with van der Waals surface area (Å²) in [7, 11) is 0.962. The summed E-state index contributed by atoms with van der Waals surface area (Å²) in [5.74, 6) is -0.174. The van der Waals surface area contributed by atoms with Gasteiger partial charge in [-0.2, -0.15) is 0 Å². The van der Waals surface area contributed by atoms with E-state index in [9.17, 15) is 14.9 Å². The highest BCUT2D eigenvalue weighted by Crippen LogP contribution is 2.11. The normalized spacial score (nSPS) is 14.1. The summed E-state index contributed by atoms with van der Waals surface area (Å²) >= 11 is 6.14. The Balaban J connectivity index is 4.44. The van der Waals surface area contributed by atoms with Crippen molar-refractivity contribution >= 4 is 27.6 Å². The number of nitro groups is 1. The zero-order valence-corrected chi connectivity index (χ0v) is 16.7. The van der Waals surface area contributed by atoms with E-state index in [1.54, 1.807) is 0 Å². The molecule has 0 aliphatic carbocycles. The smallest absolute Gasteiger partial charge is 0.243 e. The lowest BCUT2D eigenvalue weighted by molar-refractivity contribution is -0.424. The lowest BCUT2D eigenvalue weighted by Gasteiger charge is -2.06. The monoisotopic (exact) mass is 354 g/mol. The fraction of sp³-hybridized carbons (Fsp3) is 0.312. The SMILES string of the molecule is C=C(/C=C\C=C(/C)[N+](=O)[O-])C(=O)CNC/C(C)=C(Cl)/C=C(\C)[SiH3]. The number of halogens is 1. The average Bonchev–Trinajstić information content (AvgIpc) is 2.45. The average molecular weight is 355 g/mol. The third-order valence-corrected chi connectivity index (χ3v) is 3.50. The van der Waals surface area contributed by atoms with Gasteiger partial charge in [0.1, 0.15) is 0 Å². The van der Waals surface area contributed by atoms with Crippen LogP contribution in [0.4, 0.5) is 0 Å². The van der Waals surface area contributed by atoms with Gasteiger partial charge in [0.2, 0.25) is 5.70 Å². The van der Waals surface area contributed by atoms with Crippen LogP contribution in [0.15, 0.2) is 58.0 Å². The van der Waals surface area contributed by atoms with E-state index in [0.29, 0.717) is 11.6 Å². The number of hydrogen-bond donors (Lipinski definition) is 1. The quantitative estimate of drug-likeness (QED) is 0.226. The van der Waals surface area contributed by atoms with E-state index >= 15 is 0 Å². The maximum absolute atomic E-state index is 11.9. The third-order valence-electron chi connectivity index (χ3n) is 2.78. The van der Waals surface area contributed by atoms with E-state index < -0.39 is 4.92 Å². The molecule has 0 heterocycles. The Morgan fingerprint density at radius 2 is 1.96 bits per heavy atom. The predicted molar refractivity (Wildman–Crippen MR) is 99.2 cm³/mol. The minimum atomic E-state index is -0.496. The fourth-order valence-corrected chi connectivity index (χ4v) is 2.15. The molecular weight excluding hydrogens is 332 g/mol. The van der Waals surface area contributed by atoms with Crippen LogP contribution in [-0.4, -0.2) is 34.0 Å². The van der Waals surface area contributed by atoms with Gasteiger partial charge < -0.3 is 5.32 Å². The lowest BCUT2D eigenvalue weighted by atomic mass is 10.1. The summed E-state index contributed by atoms with van der Waals surface area (Å²) in [4.78, 5) is 21.8.